The largest absolute Gasteiger partial charge is 0.352 e. The average Bonchev–Trinajstić information content (AvgIpc) is 2.97. The van der Waals surface area contributed by atoms with E-state index in [9.17, 15) is 0 Å². The predicted octanol–water partition coefficient (Wildman–Crippen LogP) is 2.97. The van der Waals surface area contributed by atoms with E-state index >= 15 is 0 Å². The molecule has 0 saturated heterocycles. The van der Waals surface area contributed by atoms with Crippen molar-refractivity contribution in [1.82, 2.24) is 19.7 Å². The number of benzene rings is 1. The van der Waals surface area contributed by atoms with Crippen molar-refractivity contribution in [3.63, 3.8) is 0 Å². The molecular formula is C18H19N5. The van der Waals surface area contributed by atoms with Crippen LogP contribution in [0, 0.1) is 6.92 Å². The van der Waals surface area contributed by atoms with Crippen LogP contribution in [0.25, 0.3) is 16.6 Å². The molecule has 5 nitrogen and oxygen atoms in total. The molecule has 2 aromatic heterocycles. The normalized spacial score (nSPS) is 15.0. The number of hydrogen-bond acceptors (Lipinski definition) is 4. The van der Waals surface area contributed by atoms with Gasteiger partial charge in [0.1, 0.15) is 12.1 Å². The first kappa shape index (κ1) is 13.9. The van der Waals surface area contributed by atoms with E-state index in [0.29, 0.717) is 0 Å². The second-order valence-electron chi connectivity index (χ2n) is 5.99. The van der Waals surface area contributed by atoms with Gasteiger partial charge in [-0.15, -0.1) is 0 Å². The van der Waals surface area contributed by atoms with Gasteiger partial charge in [-0.3, -0.25) is 4.68 Å². The van der Waals surface area contributed by atoms with E-state index in [0.717, 1.165) is 36.4 Å². The minimum absolute atomic E-state index is 0.865. The van der Waals surface area contributed by atoms with Crippen molar-refractivity contribution in [3.05, 3.63) is 54.0 Å². The van der Waals surface area contributed by atoms with Crippen molar-refractivity contribution in [2.75, 3.05) is 18.0 Å². The standard InChI is InChI=1S/C18H19N5/c1-13-3-5-14(6-4-13)15-7-9-23(10-8-15)18-16-11-21-22(2)17(16)19-12-20-18/h3-7,11-12H,8-10H2,1-2H3. The van der Waals surface area contributed by atoms with E-state index in [1.807, 2.05) is 13.2 Å². The zero-order chi connectivity index (χ0) is 15.8. The highest BCUT2D eigenvalue weighted by molar-refractivity contribution is 5.87. The third-order valence-corrected chi connectivity index (χ3v) is 4.44. The fourth-order valence-corrected chi connectivity index (χ4v) is 3.09. The van der Waals surface area contributed by atoms with Crippen LogP contribution >= 0.6 is 0 Å². The molecule has 0 saturated carbocycles. The van der Waals surface area contributed by atoms with Gasteiger partial charge in [-0.05, 0) is 24.5 Å². The van der Waals surface area contributed by atoms with E-state index in [1.54, 1.807) is 11.0 Å². The first-order chi connectivity index (χ1) is 11.2. The number of anilines is 1. The Morgan fingerprint density at radius 2 is 1.91 bits per heavy atom. The van der Waals surface area contributed by atoms with E-state index in [4.69, 9.17) is 0 Å². The molecule has 0 radical (unpaired) electrons. The molecule has 0 aliphatic carbocycles. The van der Waals surface area contributed by atoms with Crippen molar-refractivity contribution in [1.29, 1.82) is 0 Å². The first-order valence-corrected chi connectivity index (χ1v) is 7.86. The second-order valence-corrected chi connectivity index (χ2v) is 5.99. The Balaban J connectivity index is 1.62. The number of rotatable bonds is 2. The minimum Gasteiger partial charge on any atom is -0.352 e. The smallest absolute Gasteiger partial charge is 0.163 e. The van der Waals surface area contributed by atoms with Gasteiger partial charge in [-0.1, -0.05) is 35.9 Å². The summed E-state index contributed by atoms with van der Waals surface area (Å²) in [7, 11) is 1.91. The molecule has 0 unspecified atom stereocenters. The van der Waals surface area contributed by atoms with Gasteiger partial charge in [-0.25, -0.2) is 9.97 Å². The van der Waals surface area contributed by atoms with Crippen molar-refractivity contribution >= 4 is 22.4 Å². The Kier molecular flexibility index (Phi) is 3.33. The molecule has 0 bridgehead atoms. The lowest BCUT2D eigenvalue weighted by Crippen LogP contribution is -2.29. The lowest BCUT2D eigenvalue weighted by molar-refractivity contribution is 0.784. The van der Waals surface area contributed by atoms with E-state index < -0.39 is 0 Å². The van der Waals surface area contributed by atoms with Crippen LogP contribution in [-0.2, 0) is 7.05 Å². The van der Waals surface area contributed by atoms with E-state index in [2.05, 4.69) is 57.2 Å². The van der Waals surface area contributed by atoms with Gasteiger partial charge >= 0.3 is 0 Å². The number of fused-ring (bicyclic) bond motifs is 1. The molecule has 0 spiro atoms. The van der Waals surface area contributed by atoms with Gasteiger partial charge < -0.3 is 4.90 Å². The summed E-state index contributed by atoms with van der Waals surface area (Å²) in [6.07, 6.45) is 6.80. The molecule has 3 heterocycles. The zero-order valence-corrected chi connectivity index (χ0v) is 13.4. The van der Waals surface area contributed by atoms with Crippen LogP contribution in [-0.4, -0.2) is 32.8 Å². The zero-order valence-electron chi connectivity index (χ0n) is 13.4. The Hall–Kier alpha value is -2.69. The summed E-state index contributed by atoms with van der Waals surface area (Å²) >= 11 is 0. The Morgan fingerprint density at radius 3 is 2.65 bits per heavy atom. The summed E-state index contributed by atoms with van der Waals surface area (Å²) < 4.78 is 1.79. The summed E-state index contributed by atoms with van der Waals surface area (Å²) in [5.74, 6) is 0.974. The van der Waals surface area contributed by atoms with Crippen LogP contribution in [0.4, 0.5) is 5.82 Å². The van der Waals surface area contributed by atoms with Crippen LogP contribution < -0.4 is 4.90 Å². The van der Waals surface area contributed by atoms with Crippen molar-refractivity contribution in [2.24, 2.45) is 7.05 Å². The van der Waals surface area contributed by atoms with Gasteiger partial charge in [-0.2, -0.15) is 5.10 Å². The van der Waals surface area contributed by atoms with Crippen molar-refractivity contribution in [3.8, 4) is 0 Å². The summed E-state index contributed by atoms with van der Waals surface area (Å²) in [5.41, 5.74) is 4.91. The molecule has 3 aromatic rings. The van der Waals surface area contributed by atoms with Crippen LogP contribution in [0.2, 0.25) is 0 Å². The molecule has 1 aliphatic heterocycles. The Labute approximate surface area is 135 Å². The third-order valence-electron chi connectivity index (χ3n) is 4.44. The quantitative estimate of drug-likeness (QED) is 0.730. The summed E-state index contributed by atoms with van der Waals surface area (Å²) in [4.78, 5) is 11.1. The predicted molar refractivity (Wildman–Crippen MR) is 92.3 cm³/mol. The average molecular weight is 305 g/mol. The molecule has 116 valence electrons. The van der Waals surface area contributed by atoms with Gasteiger partial charge in [0.2, 0.25) is 0 Å². The van der Waals surface area contributed by atoms with E-state index in [1.165, 1.54) is 16.7 Å². The molecule has 23 heavy (non-hydrogen) atoms. The maximum atomic E-state index is 4.49. The number of hydrogen-bond donors (Lipinski definition) is 0. The fraction of sp³-hybridized carbons (Fsp3) is 0.278. The van der Waals surface area contributed by atoms with Crippen molar-refractivity contribution in [2.45, 2.75) is 13.3 Å². The van der Waals surface area contributed by atoms with E-state index in [-0.39, 0.29) is 0 Å². The Bertz CT molecular complexity index is 876. The third kappa shape index (κ3) is 2.48. The SMILES string of the molecule is Cc1ccc(C2=CCN(c3ncnc4c3cnn4C)CC2)cc1. The van der Waals surface area contributed by atoms with Crippen LogP contribution in [0.5, 0.6) is 0 Å². The van der Waals surface area contributed by atoms with Gasteiger partial charge in [0.05, 0.1) is 11.6 Å². The van der Waals surface area contributed by atoms with Gasteiger partial charge in [0.25, 0.3) is 0 Å². The molecule has 0 atom stereocenters. The summed E-state index contributed by atoms with van der Waals surface area (Å²) in [5, 5.41) is 5.31. The van der Waals surface area contributed by atoms with Crippen LogP contribution in [0.3, 0.4) is 0 Å². The molecule has 4 rings (SSSR count). The number of nitrogens with zero attached hydrogens (tertiary/aromatic N) is 5. The monoisotopic (exact) mass is 305 g/mol. The molecular weight excluding hydrogens is 286 g/mol. The highest BCUT2D eigenvalue weighted by Crippen LogP contribution is 2.28. The number of aryl methyl sites for hydroxylation is 2. The molecule has 0 N–H and O–H groups in total. The summed E-state index contributed by atoms with van der Waals surface area (Å²) in [6.45, 7) is 3.94. The molecule has 0 fully saturated rings. The Morgan fingerprint density at radius 1 is 1.09 bits per heavy atom. The molecule has 5 heteroatoms. The first-order valence-electron chi connectivity index (χ1n) is 7.86. The second kappa shape index (κ2) is 5.50. The fourth-order valence-electron chi connectivity index (χ4n) is 3.09. The van der Waals surface area contributed by atoms with Crippen LogP contribution in [0.15, 0.2) is 42.9 Å². The topological polar surface area (TPSA) is 46.8 Å². The lowest BCUT2D eigenvalue weighted by Gasteiger charge is -2.27. The lowest BCUT2D eigenvalue weighted by atomic mass is 9.98. The van der Waals surface area contributed by atoms with Gasteiger partial charge in [0, 0.05) is 20.1 Å². The highest BCUT2D eigenvalue weighted by Gasteiger charge is 2.18. The van der Waals surface area contributed by atoms with Crippen molar-refractivity contribution < 1.29 is 0 Å². The molecule has 1 aromatic carbocycles. The maximum absolute atomic E-state index is 4.49. The summed E-state index contributed by atoms with van der Waals surface area (Å²) in [6, 6.07) is 8.76. The minimum atomic E-state index is 0.865. The molecule has 0 amide bonds. The van der Waals surface area contributed by atoms with Gasteiger partial charge in [0.15, 0.2) is 5.65 Å². The maximum Gasteiger partial charge on any atom is 0.163 e. The highest BCUT2D eigenvalue weighted by atomic mass is 15.3. The van der Waals surface area contributed by atoms with Crippen LogP contribution in [0.1, 0.15) is 17.5 Å². The molecule has 1 aliphatic rings. The number of aromatic nitrogens is 4.